The van der Waals surface area contributed by atoms with Gasteiger partial charge in [-0.25, -0.2) is 0 Å². The third-order valence-corrected chi connectivity index (χ3v) is 34.3. The van der Waals surface area contributed by atoms with Crippen molar-refractivity contribution < 1.29 is 35.4 Å². The van der Waals surface area contributed by atoms with Gasteiger partial charge in [0, 0.05) is 54.9 Å². The largest absolute Gasteiger partial charge is 0.398 e. The molecule has 0 aliphatic carbocycles. The molecular formula is C34H78O8S4Si4. The van der Waals surface area contributed by atoms with Crippen molar-refractivity contribution in [3.05, 3.63) is 0 Å². The first kappa shape index (κ1) is 51.9. The van der Waals surface area contributed by atoms with E-state index in [0.29, 0.717) is 23.0 Å². The van der Waals surface area contributed by atoms with Crippen LogP contribution in [0.3, 0.4) is 0 Å². The molecule has 0 spiro atoms. The molecule has 0 radical (unpaired) electrons. The molecule has 0 aliphatic heterocycles. The summed E-state index contributed by atoms with van der Waals surface area (Å²) in [5, 5.41) is 0. The highest BCUT2D eigenvalue weighted by Gasteiger charge is 2.41. The Morgan fingerprint density at radius 1 is 0.440 bits per heavy atom. The van der Waals surface area contributed by atoms with E-state index in [0.717, 1.165) is 75.9 Å². The number of hydrogen-bond donors (Lipinski definition) is 0. The average Bonchev–Trinajstić information content (AvgIpc) is 3.12. The third kappa shape index (κ3) is 21.3. The summed E-state index contributed by atoms with van der Waals surface area (Å²) in [6, 6.07) is 4.35. The molecule has 302 valence electrons. The number of hydrogen-bond acceptors (Lipinski definition) is 12. The predicted molar refractivity (Wildman–Crippen MR) is 233 cm³/mol. The molecule has 0 aromatic rings. The van der Waals surface area contributed by atoms with Crippen LogP contribution in [0.4, 0.5) is 0 Å². The van der Waals surface area contributed by atoms with E-state index >= 15 is 0 Å². The van der Waals surface area contributed by atoms with E-state index in [2.05, 4.69) is 54.6 Å². The first-order valence-electron chi connectivity index (χ1n) is 19.4. The van der Waals surface area contributed by atoms with Crippen LogP contribution in [0.25, 0.3) is 0 Å². The second-order valence-electron chi connectivity index (χ2n) is 13.4. The molecule has 4 atom stereocenters. The minimum absolute atomic E-state index is 0.309. The van der Waals surface area contributed by atoms with Gasteiger partial charge in [0.1, 0.15) is 0 Å². The summed E-state index contributed by atoms with van der Waals surface area (Å²) in [5.74, 6) is 0. The zero-order chi connectivity index (χ0) is 37.8. The van der Waals surface area contributed by atoms with Gasteiger partial charge < -0.3 is 35.4 Å². The van der Waals surface area contributed by atoms with Crippen LogP contribution < -0.4 is 0 Å². The van der Waals surface area contributed by atoms with E-state index in [1.54, 1.807) is 0 Å². The van der Waals surface area contributed by atoms with Crippen molar-refractivity contribution in [3.63, 3.8) is 0 Å². The SMILES string of the molecule is CCCC[Si](CCCCCCO[Si](C)(OCC)C(C)SSSSC(C)[Si](C)(OCC)OCCCCCC[Si](CCCC)(OC)OC)(OC)OC. The highest BCUT2D eigenvalue weighted by atomic mass is 33.7. The molecule has 0 bridgehead atoms. The van der Waals surface area contributed by atoms with Crippen LogP contribution in [-0.2, 0) is 35.4 Å². The van der Waals surface area contributed by atoms with Crippen molar-refractivity contribution >= 4 is 75.5 Å². The monoisotopic (exact) mass is 854 g/mol. The van der Waals surface area contributed by atoms with Gasteiger partial charge in [0.25, 0.3) is 0 Å². The van der Waals surface area contributed by atoms with Crippen molar-refractivity contribution in [2.75, 3.05) is 54.9 Å². The fourth-order valence-corrected chi connectivity index (χ4v) is 28.1. The van der Waals surface area contributed by atoms with Crippen LogP contribution in [0.1, 0.15) is 119 Å². The van der Waals surface area contributed by atoms with Crippen molar-refractivity contribution in [1.29, 1.82) is 0 Å². The number of rotatable bonds is 37. The van der Waals surface area contributed by atoms with E-state index in [-0.39, 0.29) is 0 Å². The molecule has 0 rings (SSSR count). The van der Waals surface area contributed by atoms with Gasteiger partial charge in [-0.2, -0.15) is 0 Å². The Bertz CT molecular complexity index is 734. The maximum absolute atomic E-state index is 6.54. The molecule has 0 N–H and O–H groups in total. The lowest BCUT2D eigenvalue weighted by Gasteiger charge is -2.32. The molecule has 0 saturated heterocycles. The zero-order valence-corrected chi connectivity index (χ0v) is 41.5. The summed E-state index contributed by atoms with van der Waals surface area (Å²) in [6.45, 7) is 20.5. The Labute approximate surface area is 329 Å². The van der Waals surface area contributed by atoms with E-state index < -0.39 is 34.2 Å². The minimum Gasteiger partial charge on any atom is -0.398 e. The lowest BCUT2D eigenvalue weighted by atomic mass is 10.2. The Kier molecular flexibility index (Phi) is 32.3. The third-order valence-electron chi connectivity index (χ3n) is 9.73. The standard InChI is InChI=1S/C34H78O8S4Si4/c1-13-17-29-49(35-7,36-8)31-25-21-19-23-27-41-47(11,39-15-3)33(5)43-45-46-44-34(6)48(12,40-16-4)42-28-24-20-22-26-32-50(37-9,38-10)30-18-14-2/h33-34H,13-32H2,1-12H3. The maximum atomic E-state index is 6.54. The zero-order valence-electron chi connectivity index (χ0n) is 34.2. The van der Waals surface area contributed by atoms with E-state index in [1.165, 1.54) is 38.5 Å². The van der Waals surface area contributed by atoms with Crippen LogP contribution in [0.5, 0.6) is 0 Å². The van der Waals surface area contributed by atoms with Gasteiger partial charge in [0.15, 0.2) is 0 Å². The second-order valence-corrected chi connectivity index (χ2v) is 34.9. The van der Waals surface area contributed by atoms with Gasteiger partial charge in [-0.1, -0.05) is 113 Å². The van der Waals surface area contributed by atoms with Crippen molar-refractivity contribution in [2.24, 2.45) is 0 Å². The summed E-state index contributed by atoms with van der Waals surface area (Å²) < 4.78 is 49.3. The summed E-state index contributed by atoms with van der Waals surface area (Å²) in [5.41, 5.74) is 0. The van der Waals surface area contributed by atoms with Gasteiger partial charge >= 0.3 is 34.2 Å². The summed E-state index contributed by atoms with van der Waals surface area (Å²) >= 11 is 0. The molecule has 50 heavy (non-hydrogen) atoms. The molecule has 4 unspecified atom stereocenters. The molecule has 0 aromatic heterocycles. The fraction of sp³-hybridized carbons (Fsp3) is 1.00. The summed E-state index contributed by atoms with van der Waals surface area (Å²) in [4.78, 5) is 0.618. The number of unbranched alkanes of at least 4 members (excludes halogenated alkanes) is 8. The second kappa shape index (κ2) is 31.1. The van der Waals surface area contributed by atoms with Gasteiger partial charge in [-0.3, -0.25) is 0 Å². The minimum atomic E-state index is -2.32. The Hall–Kier alpha value is 1.95. The van der Waals surface area contributed by atoms with Crippen molar-refractivity contribution in [3.8, 4) is 0 Å². The van der Waals surface area contributed by atoms with Crippen LogP contribution in [-0.4, -0.2) is 98.9 Å². The Morgan fingerprint density at radius 3 is 1.06 bits per heavy atom. The van der Waals surface area contributed by atoms with Gasteiger partial charge in [0.2, 0.25) is 0 Å². The van der Waals surface area contributed by atoms with Crippen LogP contribution in [0.15, 0.2) is 0 Å². The molecule has 16 heteroatoms. The Morgan fingerprint density at radius 2 is 0.760 bits per heavy atom. The summed E-state index contributed by atoms with van der Waals surface area (Å²) in [7, 11) is 6.06. The highest BCUT2D eigenvalue weighted by molar-refractivity contribution is 9.26. The predicted octanol–water partition coefficient (Wildman–Crippen LogP) is 12.0. The molecule has 0 fully saturated rings. The fourth-order valence-electron chi connectivity index (χ4n) is 5.83. The van der Waals surface area contributed by atoms with Crippen LogP contribution in [0, 0.1) is 0 Å². The lowest BCUT2D eigenvalue weighted by Crippen LogP contribution is -2.48. The first-order valence-corrected chi connectivity index (χ1v) is 33.6. The van der Waals surface area contributed by atoms with Gasteiger partial charge in [0.05, 0.1) is 9.75 Å². The van der Waals surface area contributed by atoms with Crippen LogP contribution in [0.2, 0.25) is 37.3 Å². The van der Waals surface area contributed by atoms with Crippen molar-refractivity contribution in [1.82, 2.24) is 0 Å². The molecule has 0 aromatic carbocycles. The van der Waals surface area contributed by atoms with Gasteiger partial charge in [-0.05, 0) is 83.6 Å². The molecule has 8 nitrogen and oxygen atoms in total. The van der Waals surface area contributed by atoms with Crippen LogP contribution >= 0.6 is 41.2 Å². The summed E-state index contributed by atoms with van der Waals surface area (Å²) in [6.07, 6.45) is 13.9. The highest BCUT2D eigenvalue weighted by Crippen LogP contribution is 2.49. The normalized spacial score (nSPS) is 16.3. The smallest absolute Gasteiger partial charge is 0.349 e. The van der Waals surface area contributed by atoms with Crippen molar-refractivity contribution in [2.45, 2.75) is 166 Å². The lowest BCUT2D eigenvalue weighted by molar-refractivity contribution is 0.176. The first-order chi connectivity index (χ1) is 23.9. The molecule has 0 amide bonds. The van der Waals surface area contributed by atoms with Gasteiger partial charge in [-0.15, -0.1) is 0 Å². The molecule has 0 heterocycles. The topological polar surface area (TPSA) is 73.8 Å². The quantitative estimate of drug-likeness (QED) is 0.0339. The molecule has 0 aliphatic rings. The van der Waals surface area contributed by atoms with E-state index in [9.17, 15) is 0 Å². The Balaban J connectivity index is 4.57. The molecular weight excluding hydrogens is 777 g/mol. The van der Waals surface area contributed by atoms with E-state index in [4.69, 9.17) is 35.4 Å². The molecule has 0 saturated carbocycles. The average molecular weight is 856 g/mol. The van der Waals surface area contributed by atoms with E-state index in [1.807, 2.05) is 69.7 Å². The maximum Gasteiger partial charge on any atom is 0.349 e.